The predicted molar refractivity (Wildman–Crippen MR) is 93.8 cm³/mol. The second kappa shape index (κ2) is 10.8. The number of benzene rings is 1. The molecule has 7 heteroatoms. The molecule has 0 fully saturated rings. The number of hydrogen-bond acceptors (Lipinski definition) is 3. The van der Waals surface area contributed by atoms with Crippen LogP contribution in [0.25, 0.3) is 0 Å². The van der Waals surface area contributed by atoms with Crippen LogP contribution in [0.1, 0.15) is 25.0 Å². The molecule has 1 aromatic rings. The highest BCUT2D eigenvalue weighted by molar-refractivity contribution is 5.79. The molecule has 0 aliphatic heterocycles. The van der Waals surface area contributed by atoms with Crippen LogP contribution < -0.4 is 15.4 Å². The van der Waals surface area contributed by atoms with Gasteiger partial charge in [0.15, 0.2) is 5.96 Å². The second-order valence-corrected chi connectivity index (χ2v) is 5.37. The van der Waals surface area contributed by atoms with E-state index in [2.05, 4.69) is 39.1 Å². The minimum Gasteiger partial charge on any atom is -0.434 e. The summed E-state index contributed by atoms with van der Waals surface area (Å²) >= 11 is 0. The number of guanidine groups is 1. The molecule has 136 valence electrons. The van der Waals surface area contributed by atoms with Gasteiger partial charge < -0.3 is 20.3 Å². The molecular formula is C17H28F2N4O. The molecule has 0 aromatic heterocycles. The van der Waals surface area contributed by atoms with Crippen LogP contribution in [0.4, 0.5) is 8.78 Å². The fourth-order valence-corrected chi connectivity index (χ4v) is 2.33. The van der Waals surface area contributed by atoms with Gasteiger partial charge in [-0.05, 0) is 26.1 Å². The number of ether oxygens (including phenoxy) is 1. The summed E-state index contributed by atoms with van der Waals surface area (Å²) in [6.07, 6.45) is 0. The first kappa shape index (κ1) is 20.2. The van der Waals surface area contributed by atoms with Gasteiger partial charge in [-0.3, -0.25) is 4.99 Å². The van der Waals surface area contributed by atoms with E-state index in [1.54, 1.807) is 19.2 Å². The molecule has 0 aliphatic rings. The van der Waals surface area contributed by atoms with E-state index in [1.807, 2.05) is 13.0 Å². The number of aliphatic imine (C=N–C) groups is 1. The molecular weight excluding hydrogens is 314 g/mol. The summed E-state index contributed by atoms with van der Waals surface area (Å²) < 4.78 is 29.6. The first-order valence-corrected chi connectivity index (χ1v) is 8.21. The quantitative estimate of drug-likeness (QED) is 0.535. The average Bonchev–Trinajstić information content (AvgIpc) is 2.56. The highest BCUT2D eigenvalue weighted by atomic mass is 19.3. The normalized spacial score (nSPS) is 11.9. The van der Waals surface area contributed by atoms with Crippen LogP contribution in [0.5, 0.6) is 5.75 Å². The molecule has 1 aromatic carbocycles. The van der Waals surface area contributed by atoms with Crippen molar-refractivity contribution in [1.29, 1.82) is 0 Å². The zero-order valence-corrected chi connectivity index (χ0v) is 14.9. The van der Waals surface area contributed by atoms with Crippen molar-refractivity contribution in [3.05, 3.63) is 29.3 Å². The smallest absolute Gasteiger partial charge is 0.387 e. The average molecular weight is 342 g/mol. The standard InChI is InChI=1S/C17H28F2N4O/c1-5-23(6-2)10-9-21-17(20-4)22-12-14-11-13(3)7-8-15(14)24-16(18)19/h7-8,11,16H,5-6,9-10,12H2,1-4H3,(H2,20,21,22). The fraction of sp³-hybridized carbons (Fsp3) is 0.588. The van der Waals surface area contributed by atoms with Crippen molar-refractivity contribution in [2.45, 2.75) is 33.9 Å². The molecule has 0 radical (unpaired) electrons. The van der Waals surface area contributed by atoms with E-state index in [0.717, 1.165) is 31.7 Å². The molecule has 0 spiro atoms. The Bertz CT molecular complexity index is 519. The Kier molecular flexibility index (Phi) is 9.07. The minimum absolute atomic E-state index is 0.182. The Morgan fingerprint density at radius 3 is 2.54 bits per heavy atom. The number of aryl methyl sites for hydroxylation is 1. The van der Waals surface area contributed by atoms with Gasteiger partial charge in [-0.1, -0.05) is 31.5 Å². The predicted octanol–water partition coefficient (Wildman–Crippen LogP) is 2.60. The highest BCUT2D eigenvalue weighted by Gasteiger charge is 2.10. The highest BCUT2D eigenvalue weighted by Crippen LogP contribution is 2.21. The third kappa shape index (κ3) is 7.12. The molecule has 24 heavy (non-hydrogen) atoms. The van der Waals surface area contributed by atoms with Gasteiger partial charge in [0.2, 0.25) is 0 Å². The maximum Gasteiger partial charge on any atom is 0.387 e. The molecule has 0 unspecified atom stereocenters. The lowest BCUT2D eigenvalue weighted by Gasteiger charge is -2.19. The van der Waals surface area contributed by atoms with Gasteiger partial charge in [0.05, 0.1) is 0 Å². The maximum absolute atomic E-state index is 12.5. The Morgan fingerprint density at radius 2 is 1.96 bits per heavy atom. The largest absolute Gasteiger partial charge is 0.434 e. The van der Waals surface area contributed by atoms with Crippen molar-refractivity contribution in [3.63, 3.8) is 0 Å². The first-order valence-electron chi connectivity index (χ1n) is 8.21. The molecule has 0 saturated heterocycles. The van der Waals surface area contributed by atoms with E-state index in [0.29, 0.717) is 18.1 Å². The summed E-state index contributed by atoms with van der Waals surface area (Å²) in [5, 5.41) is 6.35. The summed E-state index contributed by atoms with van der Waals surface area (Å²) in [7, 11) is 1.68. The molecule has 5 nitrogen and oxygen atoms in total. The summed E-state index contributed by atoms with van der Waals surface area (Å²) in [6, 6.07) is 5.14. The third-order valence-electron chi connectivity index (χ3n) is 3.72. The van der Waals surface area contributed by atoms with Crippen LogP contribution in [0.15, 0.2) is 23.2 Å². The Labute approximate surface area is 143 Å². The Balaban J connectivity index is 2.58. The summed E-state index contributed by atoms with van der Waals surface area (Å²) in [4.78, 5) is 6.45. The van der Waals surface area contributed by atoms with Gasteiger partial charge in [-0.2, -0.15) is 8.78 Å². The number of rotatable bonds is 9. The molecule has 0 aliphatic carbocycles. The summed E-state index contributed by atoms with van der Waals surface area (Å²) in [5.41, 5.74) is 1.65. The first-order chi connectivity index (χ1) is 11.5. The van der Waals surface area contributed by atoms with Crippen molar-refractivity contribution < 1.29 is 13.5 Å². The van der Waals surface area contributed by atoms with E-state index in [-0.39, 0.29) is 5.75 Å². The molecule has 0 atom stereocenters. The number of nitrogens with one attached hydrogen (secondary N) is 2. The molecule has 0 bridgehead atoms. The van der Waals surface area contributed by atoms with Gasteiger partial charge in [0.25, 0.3) is 0 Å². The van der Waals surface area contributed by atoms with Gasteiger partial charge in [0.1, 0.15) is 5.75 Å². The zero-order chi connectivity index (χ0) is 17.9. The van der Waals surface area contributed by atoms with Crippen LogP contribution >= 0.6 is 0 Å². The number of nitrogens with zero attached hydrogens (tertiary/aromatic N) is 2. The SMILES string of the molecule is CCN(CC)CCNC(=NC)NCc1cc(C)ccc1OC(F)F. The van der Waals surface area contributed by atoms with Crippen molar-refractivity contribution >= 4 is 5.96 Å². The van der Waals surface area contributed by atoms with E-state index in [4.69, 9.17) is 0 Å². The van der Waals surface area contributed by atoms with Gasteiger partial charge in [-0.25, -0.2) is 0 Å². The van der Waals surface area contributed by atoms with E-state index < -0.39 is 6.61 Å². The number of hydrogen-bond donors (Lipinski definition) is 2. The fourth-order valence-electron chi connectivity index (χ4n) is 2.33. The third-order valence-corrected chi connectivity index (χ3v) is 3.72. The van der Waals surface area contributed by atoms with Crippen LogP contribution in [0.2, 0.25) is 0 Å². The topological polar surface area (TPSA) is 48.9 Å². The summed E-state index contributed by atoms with van der Waals surface area (Å²) in [5.74, 6) is 0.813. The van der Waals surface area contributed by atoms with Crippen molar-refractivity contribution in [2.75, 3.05) is 33.2 Å². The molecule has 0 heterocycles. The van der Waals surface area contributed by atoms with Gasteiger partial charge in [0, 0.05) is 32.2 Å². The van der Waals surface area contributed by atoms with Gasteiger partial charge in [-0.15, -0.1) is 0 Å². The zero-order valence-electron chi connectivity index (χ0n) is 14.9. The van der Waals surface area contributed by atoms with Crippen LogP contribution in [-0.2, 0) is 6.54 Å². The lowest BCUT2D eigenvalue weighted by molar-refractivity contribution is -0.0504. The number of alkyl halides is 2. The number of likely N-dealkylation sites (N-methyl/N-ethyl adjacent to an activating group) is 1. The minimum atomic E-state index is -2.84. The van der Waals surface area contributed by atoms with Crippen LogP contribution in [0.3, 0.4) is 0 Å². The van der Waals surface area contributed by atoms with Crippen molar-refractivity contribution in [1.82, 2.24) is 15.5 Å². The molecule has 0 saturated carbocycles. The van der Waals surface area contributed by atoms with Crippen molar-refractivity contribution in [2.24, 2.45) is 4.99 Å². The van der Waals surface area contributed by atoms with Crippen LogP contribution in [0, 0.1) is 6.92 Å². The van der Waals surface area contributed by atoms with E-state index in [1.165, 1.54) is 0 Å². The monoisotopic (exact) mass is 342 g/mol. The second-order valence-electron chi connectivity index (χ2n) is 5.37. The van der Waals surface area contributed by atoms with E-state index >= 15 is 0 Å². The molecule has 0 amide bonds. The lowest BCUT2D eigenvalue weighted by atomic mass is 10.1. The van der Waals surface area contributed by atoms with Crippen LogP contribution in [-0.4, -0.2) is 50.7 Å². The lowest BCUT2D eigenvalue weighted by Crippen LogP contribution is -2.41. The molecule has 2 N–H and O–H groups in total. The molecule has 1 rings (SSSR count). The Morgan fingerprint density at radius 1 is 1.25 bits per heavy atom. The van der Waals surface area contributed by atoms with Crippen molar-refractivity contribution in [3.8, 4) is 5.75 Å². The Hall–Kier alpha value is -1.89. The van der Waals surface area contributed by atoms with E-state index in [9.17, 15) is 8.78 Å². The summed E-state index contributed by atoms with van der Waals surface area (Å²) in [6.45, 7) is 7.36. The number of halogens is 2. The van der Waals surface area contributed by atoms with Gasteiger partial charge >= 0.3 is 6.61 Å². The maximum atomic E-state index is 12.5.